The van der Waals surface area contributed by atoms with Crippen LogP contribution in [0.5, 0.6) is 5.88 Å². The SMILES string of the molecule is CC.CC.c1ccc(Cc2nnc3ccc(OC4CC4)nn23)cc1. The Morgan fingerprint density at radius 3 is 2.33 bits per heavy atom. The fourth-order valence-corrected chi connectivity index (χ4v) is 2.12. The summed E-state index contributed by atoms with van der Waals surface area (Å²) in [7, 11) is 0. The first kappa shape index (κ1) is 17.9. The van der Waals surface area contributed by atoms with Crippen molar-refractivity contribution >= 4 is 5.65 Å². The topological polar surface area (TPSA) is 52.3 Å². The molecule has 5 heteroatoms. The summed E-state index contributed by atoms with van der Waals surface area (Å²) in [6, 6.07) is 13.9. The Labute approximate surface area is 143 Å². The number of fused-ring (bicyclic) bond motifs is 1. The van der Waals surface area contributed by atoms with Crippen LogP contribution in [-0.2, 0) is 6.42 Å². The lowest BCUT2D eigenvalue weighted by Crippen LogP contribution is -2.04. The summed E-state index contributed by atoms with van der Waals surface area (Å²) in [5.74, 6) is 1.47. The average molecular weight is 326 g/mol. The first-order chi connectivity index (χ1) is 11.9. The first-order valence-corrected chi connectivity index (χ1v) is 8.80. The maximum Gasteiger partial charge on any atom is 0.232 e. The molecule has 5 nitrogen and oxygen atoms in total. The quantitative estimate of drug-likeness (QED) is 0.717. The van der Waals surface area contributed by atoms with Gasteiger partial charge in [0.15, 0.2) is 11.5 Å². The van der Waals surface area contributed by atoms with E-state index in [0.29, 0.717) is 18.4 Å². The molecule has 128 valence electrons. The Kier molecular flexibility index (Phi) is 6.73. The molecule has 0 aliphatic heterocycles. The molecule has 0 bridgehead atoms. The van der Waals surface area contributed by atoms with Gasteiger partial charge in [0.2, 0.25) is 5.88 Å². The van der Waals surface area contributed by atoms with Gasteiger partial charge in [0.05, 0.1) is 0 Å². The molecule has 1 fully saturated rings. The molecule has 0 radical (unpaired) electrons. The molecule has 0 amide bonds. The number of nitrogens with zero attached hydrogens (tertiary/aromatic N) is 4. The van der Waals surface area contributed by atoms with Crippen molar-refractivity contribution in [3.8, 4) is 5.88 Å². The Morgan fingerprint density at radius 1 is 0.958 bits per heavy atom. The number of hydrogen-bond donors (Lipinski definition) is 0. The molecule has 1 aliphatic carbocycles. The van der Waals surface area contributed by atoms with Crippen molar-refractivity contribution in [2.24, 2.45) is 0 Å². The molecule has 2 heterocycles. The van der Waals surface area contributed by atoms with Gasteiger partial charge >= 0.3 is 0 Å². The highest BCUT2D eigenvalue weighted by atomic mass is 16.5. The van der Waals surface area contributed by atoms with Crippen molar-refractivity contribution in [1.29, 1.82) is 0 Å². The second-order valence-electron chi connectivity index (χ2n) is 5.04. The lowest BCUT2D eigenvalue weighted by atomic mass is 10.1. The fraction of sp³-hybridized carbons (Fsp3) is 0.421. The van der Waals surface area contributed by atoms with Crippen LogP contribution in [0.3, 0.4) is 0 Å². The van der Waals surface area contributed by atoms with Gasteiger partial charge in [-0.2, -0.15) is 4.52 Å². The van der Waals surface area contributed by atoms with E-state index in [1.165, 1.54) is 5.56 Å². The highest BCUT2D eigenvalue weighted by Crippen LogP contribution is 2.25. The van der Waals surface area contributed by atoms with Crippen molar-refractivity contribution in [3.63, 3.8) is 0 Å². The van der Waals surface area contributed by atoms with Crippen LogP contribution in [0.25, 0.3) is 5.65 Å². The van der Waals surface area contributed by atoms with Gasteiger partial charge in [-0.25, -0.2) is 0 Å². The Hall–Kier alpha value is -2.43. The van der Waals surface area contributed by atoms with Crippen LogP contribution in [0.2, 0.25) is 0 Å². The Morgan fingerprint density at radius 2 is 1.67 bits per heavy atom. The monoisotopic (exact) mass is 326 g/mol. The highest BCUT2D eigenvalue weighted by molar-refractivity contribution is 5.38. The predicted octanol–water partition coefficient (Wildman–Crippen LogP) is 4.31. The lowest BCUT2D eigenvalue weighted by molar-refractivity contribution is 0.286. The third kappa shape index (κ3) is 4.54. The normalized spacial score (nSPS) is 12.7. The average Bonchev–Trinajstić information content (AvgIpc) is 3.39. The summed E-state index contributed by atoms with van der Waals surface area (Å²) in [5.41, 5.74) is 1.94. The van der Waals surface area contributed by atoms with E-state index < -0.39 is 0 Å². The van der Waals surface area contributed by atoms with Gasteiger partial charge in [0.25, 0.3) is 0 Å². The molecule has 24 heavy (non-hydrogen) atoms. The Bertz CT molecular complexity index is 735. The zero-order valence-electron chi connectivity index (χ0n) is 14.9. The van der Waals surface area contributed by atoms with Crippen molar-refractivity contribution in [3.05, 3.63) is 53.9 Å². The molecule has 1 aromatic carbocycles. The van der Waals surface area contributed by atoms with Crippen LogP contribution in [0, 0.1) is 0 Å². The molecule has 4 rings (SSSR count). The molecule has 3 aromatic rings. The van der Waals surface area contributed by atoms with Crippen LogP contribution < -0.4 is 4.74 Å². The van der Waals surface area contributed by atoms with Crippen LogP contribution in [0.1, 0.15) is 51.9 Å². The van der Waals surface area contributed by atoms with E-state index in [4.69, 9.17) is 4.74 Å². The minimum Gasteiger partial charge on any atom is -0.473 e. The van der Waals surface area contributed by atoms with E-state index in [2.05, 4.69) is 27.4 Å². The minimum absolute atomic E-state index is 0.342. The summed E-state index contributed by atoms with van der Waals surface area (Å²) < 4.78 is 7.49. The Balaban J connectivity index is 0.000000487. The van der Waals surface area contributed by atoms with Gasteiger partial charge in [-0.3, -0.25) is 0 Å². The van der Waals surface area contributed by atoms with Crippen molar-refractivity contribution in [2.45, 2.75) is 53.1 Å². The van der Waals surface area contributed by atoms with E-state index in [1.807, 2.05) is 58.0 Å². The maximum absolute atomic E-state index is 5.72. The zero-order valence-corrected chi connectivity index (χ0v) is 14.9. The second kappa shape index (κ2) is 9.01. The minimum atomic E-state index is 0.342. The van der Waals surface area contributed by atoms with Crippen molar-refractivity contribution in [1.82, 2.24) is 19.8 Å². The first-order valence-electron chi connectivity index (χ1n) is 8.80. The van der Waals surface area contributed by atoms with E-state index >= 15 is 0 Å². The van der Waals surface area contributed by atoms with Gasteiger partial charge in [0, 0.05) is 12.5 Å². The van der Waals surface area contributed by atoms with Gasteiger partial charge in [-0.15, -0.1) is 15.3 Å². The summed E-state index contributed by atoms with van der Waals surface area (Å²) in [4.78, 5) is 0. The van der Waals surface area contributed by atoms with Crippen LogP contribution in [0.4, 0.5) is 0 Å². The summed E-state index contributed by atoms with van der Waals surface area (Å²) in [5, 5.41) is 12.8. The van der Waals surface area contributed by atoms with Crippen LogP contribution in [0.15, 0.2) is 42.5 Å². The van der Waals surface area contributed by atoms with E-state index in [9.17, 15) is 0 Å². The third-order valence-corrected chi connectivity index (χ3v) is 3.32. The van der Waals surface area contributed by atoms with E-state index in [0.717, 1.165) is 24.3 Å². The highest BCUT2D eigenvalue weighted by Gasteiger charge is 2.24. The number of benzene rings is 1. The molecule has 1 saturated carbocycles. The van der Waals surface area contributed by atoms with E-state index in [1.54, 1.807) is 4.52 Å². The molecule has 1 aliphatic rings. The molecular formula is C19H26N4O. The predicted molar refractivity (Wildman–Crippen MR) is 96.4 cm³/mol. The molecule has 2 aromatic heterocycles. The van der Waals surface area contributed by atoms with E-state index in [-0.39, 0.29) is 0 Å². The molecule has 0 saturated heterocycles. The van der Waals surface area contributed by atoms with Crippen molar-refractivity contribution < 1.29 is 4.74 Å². The van der Waals surface area contributed by atoms with Gasteiger partial charge < -0.3 is 4.74 Å². The molecule has 0 unspecified atom stereocenters. The van der Waals surface area contributed by atoms with Crippen molar-refractivity contribution in [2.75, 3.05) is 0 Å². The number of ether oxygens (including phenoxy) is 1. The number of rotatable bonds is 4. The summed E-state index contributed by atoms with van der Waals surface area (Å²) in [6.45, 7) is 8.00. The zero-order chi connectivity index (χ0) is 17.4. The van der Waals surface area contributed by atoms with Crippen LogP contribution >= 0.6 is 0 Å². The third-order valence-electron chi connectivity index (χ3n) is 3.32. The summed E-state index contributed by atoms with van der Waals surface area (Å²) in [6.07, 6.45) is 3.30. The molecule has 0 spiro atoms. The maximum atomic E-state index is 5.72. The lowest BCUT2D eigenvalue weighted by Gasteiger charge is -2.04. The van der Waals surface area contributed by atoms with Gasteiger partial charge in [-0.05, 0) is 24.5 Å². The smallest absolute Gasteiger partial charge is 0.232 e. The van der Waals surface area contributed by atoms with Gasteiger partial charge in [-0.1, -0.05) is 58.0 Å². The fourth-order valence-electron chi connectivity index (χ4n) is 2.12. The molecular weight excluding hydrogens is 300 g/mol. The number of aromatic nitrogens is 4. The molecule has 0 N–H and O–H groups in total. The summed E-state index contributed by atoms with van der Waals surface area (Å²) >= 11 is 0. The standard InChI is InChI=1S/C15H14N4O.2C2H6/c1-2-4-11(5-3-1)10-14-17-16-13-8-9-15(18-19(13)14)20-12-6-7-12;2*1-2/h1-5,8-9,12H,6-7,10H2;2*1-2H3. The number of hydrogen-bond acceptors (Lipinski definition) is 4. The second-order valence-corrected chi connectivity index (χ2v) is 5.04. The largest absolute Gasteiger partial charge is 0.473 e. The van der Waals surface area contributed by atoms with Gasteiger partial charge in [0.1, 0.15) is 6.10 Å². The molecule has 0 atom stereocenters. The van der Waals surface area contributed by atoms with Crippen LogP contribution in [-0.4, -0.2) is 25.9 Å².